The molecule has 0 aromatic carbocycles. The third kappa shape index (κ3) is 2.95. The molecule has 5 heteroatoms. The standard InChI is InChI=1S/C8H12FN3O/c1-2-7(5-13)12-8-10-3-6(9)4-11-8/h3-4,7,13H,2,5H2,1H3,(H,10,11,12)/t7-/m1/s1. The van der Waals surface area contributed by atoms with Crippen molar-refractivity contribution in [2.24, 2.45) is 0 Å². The number of aliphatic hydroxyl groups is 1. The van der Waals surface area contributed by atoms with E-state index >= 15 is 0 Å². The van der Waals surface area contributed by atoms with Crippen LogP contribution in [0.25, 0.3) is 0 Å². The molecule has 0 spiro atoms. The SMILES string of the molecule is CC[C@H](CO)Nc1ncc(F)cn1. The van der Waals surface area contributed by atoms with Crippen LogP contribution in [0.4, 0.5) is 10.3 Å². The van der Waals surface area contributed by atoms with Crippen LogP contribution in [0.2, 0.25) is 0 Å². The van der Waals surface area contributed by atoms with Crippen molar-refractivity contribution in [3.05, 3.63) is 18.2 Å². The first kappa shape index (κ1) is 9.85. The van der Waals surface area contributed by atoms with Gasteiger partial charge in [-0.1, -0.05) is 6.92 Å². The number of aliphatic hydroxyl groups excluding tert-OH is 1. The fraction of sp³-hybridized carbons (Fsp3) is 0.500. The third-order valence-electron chi connectivity index (χ3n) is 1.67. The summed E-state index contributed by atoms with van der Waals surface area (Å²) in [4.78, 5) is 7.41. The zero-order valence-corrected chi connectivity index (χ0v) is 7.37. The van der Waals surface area contributed by atoms with E-state index in [4.69, 9.17) is 5.11 Å². The first-order valence-corrected chi connectivity index (χ1v) is 4.11. The molecule has 0 amide bonds. The summed E-state index contributed by atoms with van der Waals surface area (Å²) in [7, 11) is 0. The molecule has 13 heavy (non-hydrogen) atoms. The van der Waals surface area contributed by atoms with Crippen LogP contribution in [0.5, 0.6) is 0 Å². The van der Waals surface area contributed by atoms with Crippen molar-refractivity contribution in [2.75, 3.05) is 11.9 Å². The van der Waals surface area contributed by atoms with Gasteiger partial charge in [0.05, 0.1) is 25.0 Å². The Morgan fingerprint density at radius 2 is 2.15 bits per heavy atom. The van der Waals surface area contributed by atoms with E-state index in [1.807, 2.05) is 6.92 Å². The molecule has 0 aliphatic carbocycles. The van der Waals surface area contributed by atoms with Crippen LogP contribution >= 0.6 is 0 Å². The van der Waals surface area contributed by atoms with Gasteiger partial charge in [-0.2, -0.15) is 0 Å². The predicted octanol–water partition coefficient (Wildman–Crippen LogP) is 0.798. The van der Waals surface area contributed by atoms with Crippen molar-refractivity contribution in [1.82, 2.24) is 9.97 Å². The molecule has 4 nitrogen and oxygen atoms in total. The van der Waals surface area contributed by atoms with Crippen molar-refractivity contribution in [1.29, 1.82) is 0 Å². The zero-order valence-electron chi connectivity index (χ0n) is 7.37. The number of rotatable bonds is 4. The minimum Gasteiger partial charge on any atom is -0.394 e. The van der Waals surface area contributed by atoms with Crippen molar-refractivity contribution in [3.63, 3.8) is 0 Å². The predicted molar refractivity (Wildman–Crippen MR) is 46.8 cm³/mol. The molecule has 1 heterocycles. The summed E-state index contributed by atoms with van der Waals surface area (Å²) in [5.74, 6) is -0.134. The van der Waals surface area contributed by atoms with E-state index in [0.717, 1.165) is 18.8 Å². The highest BCUT2D eigenvalue weighted by molar-refractivity contribution is 5.24. The number of halogens is 1. The van der Waals surface area contributed by atoms with E-state index in [2.05, 4.69) is 15.3 Å². The number of hydrogen-bond donors (Lipinski definition) is 2. The molecule has 1 aromatic heterocycles. The molecule has 72 valence electrons. The zero-order chi connectivity index (χ0) is 9.68. The second-order valence-corrected chi connectivity index (χ2v) is 2.66. The second-order valence-electron chi connectivity index (χ2n) is 2.66. The van der Waals surface area contributed by atoms with Crippen LogP contribution in [0, 0.1) is 5.82 Å². The van der Waals surface area contributed by atoms with Crippen LogP contribution in [-0.2, 0) is 0 Å². The molecule has 0 saturated heterocycles. The molecule has 2 N–H and O–H groups in total. The number of hydrogen-bond acceptors (Lipinski definition) is 4. The lowest BCUT2D eigenvalue weighted by Crippen LogP contribution is -2.23. The topological polar surface area (TPSA) is 58.0 Å². The first-order chi connectivity index (χ1) is 6.26. The van der Waals surface area contributed by atoms with Gasteiger partial charge >= 0.3 is 0 Å². The molecule has 1 aromatic rings. The molecule has 1 atom stereocenters. The Morgan fingerprint density at radius 3 is 2.62 bits per heavy atom. The number of nitrogens with one attached hydrogen (secondary N) is 1. The van der Waals surface area contributed by atoms with E-state index in [9.17, 15) is 4.39 Å². The number of nitrogens with zero attached hydrogens (tertiary/aromatic N) is 2. The summed E-state index contributed by atoms with van der Waals surface area (Å²) < 4.78 is 12.4. The Labute approximate surface area is 75.8 Å². The van der Waals surface area contributed by atoms with Gasteiger partial charge in [0.25, 0.3) is 0 Å². The summed E-state index contributed by atoms with van der Waals surface area (Å²) in [6, 6.07) is -0.0783. The van der Waals surface area contributed by atoms with Gasteiger partial charge in [0.15, 0.2) is 5.82 Å². The second kappa shape index (κ2) is 4.71. The molecule has 0 aliphatic heterocycles. The van der Waals surface area contributed by atoms with Gasteiger partial charge in [-0.05, 0) is 6.42 Å². The van der Waals surface area contributed by atoms with Crippen LogP contribution in [-0.4, -0.2) is 27.7 Å². The minimum absolute atomic E-state index is 0.0111. The quantitative estimate of drug-likeness (QED) is 0.728. The van der Waals surface area contributed by atoms with Gasteiger partial charge in [-0.15, -0.1) is 0 Å². The molecule has 0 bridgehead atoms. The summed E-state index contributed by atoms with van der Waals surface area (Å²) in [5.41, 5.74) is 0. The van der Waals surface area contributed by atoms with Gasteiger partial charge in [-0.3, -0.25) is 0 Å². The molecule has 0 saturated carbocycles. The Bertz CT molecular complexity index is 248. The third-order valence-corrected chi connectivity index (χ3v) is 1.67. The van der Waals surface area contributed by atoms with Gasteiger partial charge in [0.2, 0.25) is 5.95 Å². The summed E-state index contributed by atoms with van der Waals surface area (Å²) in [6.45, 7) is 1.94. The molecular weight excluding hydrogens is 173 g/mol. The van der Waals surface area contributed by atoms with Gasteiger partial charge in [0, 0.05) is 0 Å². The maximum absolute atomic E-state index is 12.4. The van der Waals surface area contributed by atoms with Crippen molar-refractivity contribution < 1.29 is 9.50 Å². The number of aromatic nitrogens is 2. The summed E-state index contributed by atoms with van der Waals surface area (Å²) in [6.07, 6.45) is 2.93. The highest BCUT2D eigenvalue weighted by Crippen LogP contribution is 2.02. The lowest BCUT2D eigenvalue weighted by Gasteiger charge is -2.12. The highest BCUT2D eigenvalue weighted by atomic mass is 19.1. The van der Waals surface area contributed by atoms with Crippen molar-refractivity contribution in [3.8, 4) is 0 Å². The van der Waals surface area contributed by atoms with Crippen LogP contribution in [0.1, 0.15) is 13.3 Å². The van der Waals surface area contributed by atoms with E-state index in [-0.39, 0.29) is 12.6 Å². The Morgan fingerprint density at radius 1 is 1.54 bits per heavy atom. The normalized spacial score (nSPS) is 12.5. The maximum atomic E-state index is 12.4. The van der Waals surface area contributed by atoms with Crippen molar-refractivity contribution >= 4 is 5.95 Å². The van der Waals surface area contributed by atoms with Gasteiger partial charge in [0.1, 0.15) is 0 Å². The average molecular weight is 185 g/mol. The smallest absolute Gasteiger partial charge is 0.223 e. The molecule has 0 aliphatic rings. The maximum Gasteiger partial charge on any atom is 0.223 e. The first-order valence-electron chi connectivity index (χ1n) is 4.11. The van der Waals surface area contributed by atoms with Crippen LogP contribution in [0.3, 0.4) is 0 Å². The molecular formula is C8H12FN3O. The molecule has 0 radical (unpaired) electrons. The summed E-state index contributed by atoms with van der Waals surface area (Å²) in [5, 5.41) is 11.7. The average Bonchev–Trinajstić information content (AvgIpc) is 2.17. The highest BCUT2D eigenvalue weighted by Gasteiger charge is 2.05. The van der Waals surface area contributed by atoms with Crippen LogP contribution < -0.4 is 5.32 Å². The Balaban J connectivity index is 2.58. The summed E-state index contributed by atoms with van der Waals surface area (Å²) >= 11 is 0. The lowest BCUT2D eigenvalue weighted by atomic mass is 10.2. The van der Waals surface area contributed by atoms with Crippen molar-refractivity contribution in [2.45, 2.75) is 19.4 Å². The molecule has 0 unspecified atom stereocenters. The molecule has 1 rings (SSSR count). The van der Waals surface area contributed by atoms with Gasteiger partial charge in [-0.25, -0.2) is 14.4 Å². The largest absolute Gasteiger partial charge is 0.394 e. The monoisotopic (exact) mass is 185 g/mol. The Kier molecular flexibility index (Phi) is 3.57. The molecule has 0 fully saturated rings. The van der Waals surface area contributed by atoms with Gasteiger partial charge < -0.3 is 10.4 Å². The fourth-order valence-electron chi connectivity index (χ4n) is 0.846. The fourth-order valence-corrected chi connectivity index (χ4v) is 0.846. The minimum atomic E-state index is -0.470. The Hall–Kier alpha value is -1.23. The van der Waals surface area contributed by atoms with E-state index in [1.165, 1.54) is 0 Å². The lowest BCUT2D eigenvalue weighted by molar-refractivity contribution is 0.271. The van der Waals surface area contributed by atoms with E-state index in [1.54, 1.807) is 0 Å². The van der Waals surface area contributed by atoms with E-state index < -0.39 is 5.82 Å². The number of anilines is 1. The van der Waals surface area contributed by atoms with E-state index in [0.29, 0.717) is 5.95 Å². The van der Waals surface area contributed by atoms with Crippen LogP contribution in [0.15, 0.2) is 12.4 Å².